The van der Waals surface area contributed by atoms with Gasteiger partial charge in [-0.25, -0.2) is 0 Å². The topological polar surface area (TPSA) is 278 Å². The molecule has 240 valence electrons. The predicted molar refractivity (Wildman–Crippen MR) is 145 cm³/mol. The summed E-state index contributed by atoms with van der Waals surface area (Å²) in [6, 6.07) is 5.36. The summed E-state index contributed by atoms with van der Waals surface area (Å²) in [7, 11) is 0. The number of nitro groups is 4. The predicted octanol–water partition coefficient (Wildman–Crippen LogP) is 2.69. The number of rotatable bonds is 12. The quantitative estimate of drug-likeness (QED) is 0.140. The molecule has 2 heterocycles. The van der Waals surface area contributed by atoms with Crippen LogP contribution in [0.15, 0.2) is 47.0 Å². The molecule has 0 bridgehead atoms. The number of hydrogen-bond donors (Lipinski definition) is 0. The zero-order valence-corrected chi connectivity index (χ0v) is 23.2. The molecule has 4 rings (SSSR count). The zero-order valence-electron chi connectivity index (χ0n) is 23.2. The lowest BCUT2D eigenvalue weighted by Crippen LogP contribution is -2.51. The first-order valence-corrected chi connectivity index (χ1v) is 13.2. The minimum absolute atomic E-state index is 0.167. The van der Waals surface area contributed by atoms with Crippen LogP contribution in [0.5, 0.6) is 11.5 Å². The first-order chi connectivity index (χ1) is 21.4. The summed E-state index contributed by atoms with van der Waals surface area (Å²) >= 11 is 0. The molecule has 0 aliphatic carbocycles. The van der Waals surface area contributed by atoms with Crippen molar-refractivity contribution in [3.8, 4) is 11.5 Å². The molecule has 0 unspecified atom stereocenters. The van der Waals surface area contributed by atoms with Crippen molar-refractivity contribution < 1.29 is 39.3 Å². The maximum atomic E-state index is 12.4. The van der Waals surface area contributed by atoms with Crippen molar-refractivity contribution in [2.24, 2.45) is 16.5 Å². The van der Waals surface area contributed by atoms with Crippen molar-refractivity contribution in [2.45, 2.75) is 12.8 Å². The summed E-state index contributed by atoms with van der Waals surface area (Å²) in [6.45, 7) is 2.87. The van der Waals surface area contributed by atoms with Gasteiger partial charge in [-0.05, 0) is 30.9 Å². The van der Waals surface area contributed by atoms with Crippen LogP contribution in [0.3, 0.4) is 0 Å². The molecule has 2 fully saturated rings. The number of benzene rings is 2. The van der Waals surface area contributed by atoms with Gasteiger partial charge in [0.05, 0.1) is 67.9 Å². The molecule has 2 aromatic rings. The minimum atomic E-state index is -0.886. The third kappa shape index (κ3) is 8.09. The van der Waals surface area contributed by atoms with Crippen molar-refractivity contribution >= 4 is 22.7 Å². The Labute approximate surface area is 251 Å². The maximum absolute atomic E-state index is 12.4. The molecule has 0 atom stereocenters. The van der Waals surface area contributed by atoms with Crippen LogP contribution in [0.1, 0.15) is 12.8 Å². The monoisotopic (exact) mass is 635 g/mol. The zero-order chi connectivity index (χ0) is 32.7. The highest BCUT2D eigenvalue weighted by Crippen LogP contribution is 2.32. The number of hydrazine groups is 2. The molecule has 23 heteroatoms. The van der Waals surface area contributed by atoms with Crippen molar-refractivity contribution in [3.05, 3.63) is 87.3 Å². The Bertz CT molecular complexity index is 1410. The third-order valence-electron chi connectivity index (χ3n) is 7.06. The van der Waals surface area contributed by atoms with Gasteiger partial charge >= 0.3 is 11.4 Å². The number of non-ortho nitro benzene ring substituents is 2. The third-order valence-corrected chi connectivity index (χ3v) is 7.06. The van der Waals surface area contributed by atoms with E-state index in [4.69, 9.17) is 9.68 Å². The van der Waals surface area contributed by atoms with Crippen molar-refractivity contribution in [1.82, 2.24) is 14.9 Å². The van der Waals surface area contributed by atoms with E-state index < -0.39 is 53.9 Å². The SMILES string of the molecule is O=[N+]([O-])c1ccc(O/N=[N+](\[O-])N2CCC(CN3CCN(/[N+]([O-])=N/Oc4ccc([N+](=O)[O-])cc4[N+](=O)[O-])CC3)CC2)c([N+](=O)[O-])c1. The molecule has 2 aliphatic rings. The molecule has 0 radical (unpaired) electrons. The molecule has 0 amide bonds. The van der Waals surface area contributed by atoms with E-state index in [1.807, 2.05) is 0 Å². The Kier molecular flexibility index (Phi) is 9.92. The van der Waals surface area contributed by atoms with Crippen LogP contribution in [0, 0.1) is 56.8 Å². The molecule has 0 saturated carbocycles. The summed E-state index contributed by atoms with van der Waals surface area (Å²) < 4.78 is 0. The van der Waals surface area contributed by atoms with Gasteiger partial charge in [0.1, 0.15) is 0 Å². The molecule has 0 spiro atoms. The fourth-order valence-corrected chi connectivity index (χ4v) is 4.67. The Morgan fingerprint density at radius 2 is 1.04 bits per heavy atom. The molecule has 45 heavy (non-hydrogen) atoms. The summed E-state index contributed by atoms with van der Waals surface area (Å²) in [5.41, 5.74) is -2.46. The van der Waals surface area contributed by atoms with E-state index in [1.165, 1.54) is 10.0 Å². The summed E-state index contributed by atoms with van der Waals surface area (Å²) in [5, 5.41) is 78.4. The summed E-state index contributed by atoms with van der Waals surface area (Å²) in [5.74, 6) is -0.638. The summed E-state index contributed by atoms with van der Waals surface area (Å²) in [6.07, 6.45) is 1.24. The average Bonchev–Trinajstić information content (AvgIpc) is 3.02. The highest BCUT2D eigenvalue weighted by atomic mass is 16.7. The van der Waals surface area contributed by atoms with Crippen LogP contribution in [0.2, 0.25) is 0 Å². The second kappa shape index (κ2) is 14.0. The van der Waals surface area contributed by atoms with Gasteiger partial charge in [0.15, 0.2) is 0 Å². The normalized spacial score (nSPS) is 16.7. The molecular weight excluding hydrogens is 610 g/mol. The van der Waals surface area contributed by atoms with Crippen LogP contribution in [-0.4, -0.2) is 90.4 Å². The number of hydrogen-bond acceptors (Lipinski definition) is 15. The second-order valence-electron chi connectivity index (χ2n) is 9.84. The molecule has 2 aromatic carbocycles. The number of nitrogens with zero attached hydrogens (tertiary/aromatic N) is 11. The Balaban J connectivity index is 1.23. The smallest absolute Gasteiger partial charge is 0.321 e. The van der Waals surface area contributed by atoms with Crippen molar-refractivity contribution in [2.75, 3.05) is 45.8 Å². The highest BCUT2D eigenvalue weighted by molar-refractivity contribution is 5.54. The van der Waals surface area contributed by atoms with E-state index >= 15 is 0 Å². The fourth-order valence-electron chi connectivity index (χ4n) is 4.67. The molecule has 0 N–H and O–H groups in total. The highest BCUT2D eigenvalue weighted by Gasteiger charge is 2.30. The Hall–Kier alpha value is -6.00. The first kappa shape index (κ1) is 31.9. The van der Waals surface area contributed by atoms with Gasteiger partial charge in [-0.2, -0.15) is 0 Å². The maximum Gasteiger partial charge on any atom is 0.321 e. The van der Waals surface area contributed by atoms with E-state index in [2.05, 4.69) is 15.5 Å². The lowest BCUT2D eigenvalue weighted by molar-refractivity contribution is -0.709. The minimum Gasteiger partial charge on any atom is -0.569 e. The fraction of sp³-hybridized carbons (Fsp3) is 0.455. The van der Waals surface area contributed by atoms with Gasteiger partial charge in [0.2, 0.25) is 22.1 Å². The van der Waals surface area contributed by atoms with Crippen LogP contribution in [-0.2, 0) is 0 Å². The lowest BCUT2D eigenvalue weighted by atomic mass is 9.97. The Morgan fingerprint density at radius 3 is 1.44 bits per heavy atom. The van der Waals surface area contributed by atoms with Gasteiger partial charge in [-0.3, -0.25) is 55.0 Å². The standard InChI is InChI=1S/C22H25N11O12/c34-28(35)17-1-3-21(19(13-17)30(38)39)44-23-32(42)26-7-5-16(6-8-26)15-25-9-11-27(12-10-25)33(43)24-45-22-4-2-18(29(36)37)14-20(22)31(40)41/h1-4,13-14,16H,5-12,15H2/b32-23-,33-24-. The van der Waals surface area contributed by atoms with E-state index in [1.54, 1.807) is 0 Å². The lowest BCUT2D eigenvalue weighted by Gasteiger charge is -2.35. The van der Waals surface area contributed by atoms with Crippen LogP contribution >= 0.6 is 0 Å². The molecule has 2 aliphatic heterocycles. The van der Waals surface area contributed by atoms with E-state index in [9.17, 15) is 50.9 Å². The largest absolute Gasteiger partial charge is 0.569 e. The first-order valence-electron chi connectivity index (χ1n) is 13.2. The van der Waals surface area contributed by atoms with E-state index in [0.29, 0.717) is 57.7 Å². The second-order valence-corrected chi connectivity index (χ2v) is 9.84. The van der Waals surface area contributed by atoms with Crippen LogP contribution < -0.4 is 9.68 Å². The number of piperazine rings is 1. The van der Waals surface area contributed by atoms with Crippen LogP contribution in [0.25, 0.3) is 0 Å². The van der Waals surface area contributed by atoms with Gasteiger partial charge < -0.3 is 10.4 Å². The van der Waals surface area contributed by atoms with E-state index in [0.717, 1.165) is 24.3 Å². The van der Waals surface area contributed by atoms with Gasteiger partial charge in [-0.15, -0.1) is 10.0 Å². The molecule has 23 nitrogen and oxygen atoms in total. The van der Waals surface area contributed by atoms with Crippen molar-refractivity contribution in [1.29, 1.82) is 0 Å². The summed E-state index contributed by atoms with van der Waals surface area (Å²) in [4.78, 5) is 53.1. The van der Waals surface area contributed by atoms with Gasteiger partial charge in [0, 0.05) is 31.8 Å². The Morgan fingerprint density at radius 1 is 0.622 bits per heavy atom. The van der Waals surface area contributed by atoms with E-state index in [-0.39, 0.29) is 28.9 Å². The number of nitro benzene ring substituents is 4. The van der Waals surface area contributed by atoms with Crippen LogP contribution in [0.4, 0.5) is 22.7 Å². The molecule has 2 saturated heterocycles. The van der Waals surface area contributed by atoms with Gasteiger partial charge in [-0.1, -0.05) is 0 Å². The number of piperidine rings is 1. The van der Waals surface area contributed by atoms with Gasteiger partial charge in [0.25, 0.3) is 11.4 Å². The average molecular weight is 636 g/mol. The molecule has 0 aromatic heterocycles. The van der Waals surface area contributed by atoms with Crippen molar-refractivity contribution in [3.63, 3.8) is 0 Å². The molecular formula is C22H25N11O12.